The predicted molar refractivity (Wildman–Crippen MR) is 111 cm³/mol. The van der Waals surface area contributed by atoms with Gasteiger partial charge in [0.1, 0.15) is 0 Å². The summed E-state index contributed by atoms with van der Waals surface area (Å²) in [6.07, 6.45) is 0. The van der Waals surface area contributed by atoms with Gasteiger partial charge in [0.25, 0.3) is 0 Å². The number of nitrogens with zero attached hydrogens (tertiary/aromatic N) is 1. The lowest BCUT2D eigenvalue weighted by molar-refractivity contribution is -0.125. The summed E-state index contributed by atoms with van der Waals surface area (Å²) in [7, 11) is 3.25. The van der Waals surface area contributed by atoms with E-state index in [1.165, 1.54) is 0 Å². The average molecular weight is 394 g/mol. The maximum absolute atomic E-state index is 12.9. The topological polar surface area (TPSA) is 62.8 Å². The van der Waals surface area contributed by atoms with Crippen LogP contribution in [0.2, 0.25) is 0 Å². The fourth-order valence-corrected chi connectivity index (χ4v) is 3.75. The molecule has 1 fully saturated rings. The zero-order valence-electron chi connectivity index (χ0n) is 16.9. The summed E-state index contributed by atoms with van der Waals surface area (Å²) in [4.78, 5) is 15.0. The molecule has 2 rings (SSSR count). The first-order valence-corrected chi connectivity index (χ1v) is 9.85. The molecule has 6 nitrogen and oxygen atoms in total. The first-order chi connectivity index (χ1) is 12.9. The Labute approximate surface area is 167 Å². The summed E-state index contributed by atoms with van der Waals surface area (Å²) in [6, 6.07) is 5.81. The molecule has 1 aliphatic rings. The molecule has 1 amide bonds. The second-order valence-electron chi connectivity index (χ2n) is 7.18. The van der Waals surface area contributed by atoms with Crippen molar-refractivity contribution in [2.45, 2.75) is 26.7 Å². The number of hydrogen-bond donors (Lipinski definition) is 2. The molecule has 1 aliphatic heterocycles. The van der Waals surface area contributed by atoms with Gasteiger partial charge in [-0.1, -0.05) is 26.0 Å². The smallest absolute Gasteiger partial charge is 0.225 e. The summed E-state index contributed by atoms with van der Waals surface area (Å²) >= 11 is 5.50. The fraction of sp³-hybridized carbons (Fsp3) is 0.600. The normalized spacial score (nSPS) is 19.1. The zero-order valence-corrected chi connectivity index (χ0v) is 17.7. The van der Waals surface area contributed by atoms with E-state index < -0.39 is 0 Å². The van der Waals surface area contributed by atoms with Crippen molar-refractivity contribution in [3.05, 3.63) is 23.8 Å². The van der Waals surface area contributed by atoms with Crippen LogP contribution >= 0.6 is 12.2 Å². The van der Waals surface area contributed by atoms with E-state index in [2.05, 4.69) is 29.4 Å². The van der Waals surface area contributed by atoms with Crippen molar-refractivity contribution in [3.63, 3.8) is 0 Å². The highest BCUT2D eigenvalue weighted by atomic mass is 32.1. The third-order valence-corrected chi connectivity index (χ3v) is 5.19. The van der Waals surface area contributed by atoms with E-state index in [1.807, 2.05) is 25.1 Å². The van der Waals surface area contributed by atoms with Crippen LogP contribution in [0.5, 0.6) is 11.5 Å². The Morgan fingerprint density at radius 2 is 2.00 bits per heavy atom. The molecule has 1 aromatic carbocycles. The van der Waals surface area contributed by atoms with Gasteiger partial charge in [0, 0.05) is 37.7 Å². The van der Waals surface area contributed by atoms with Crippen LogP contribution < -0.4 is 20.1 Å². The van der Waals surface area contributed by atoms with Gasteiger partial charge in [0.2, 0.25) is 5.91 Å². The van der Waals surface area contributed by atoms with Crippen molar-refractivity contribution in [2.24, 2.45) is 11.8 Å². The number of para-hydroxylation sites is 1. The number of likely N-dealkylation sites (tertiary alicyclic amines) is 1. The minimum atomic E-state index is -0.207. The lowest BCUT2D eigenvalue weighted by Crippen LogP contribution is -2.40. The highest BCUT2D eigenvalue weighted by Gasteiger charge is 2.41. The standard InChI is InChI=1S/C20H31N3O3S/c1-6-21-20(27)23-11-15(16(12-23)19(24)22-10-13(2)3)14-8-7-9-17(25-4)18(14)26-5/h7-9,13,15-16H,6,10-12H2,1-5H3,(H,21,27)(H,22,24)/t15-,16-/m1/s1. The maximum atomic E-state index is 12.9. The Balaban J connectivity index is 2.34. The van der Waals surface area contributed by atoms with Crippen molar-refractivity contribution in [1.82, 2.24) is 15.5 Å². The molecular weight excluding hydrogens is 362 g/mol. The van der Waals surface area contributed by atoms with Gasteiger partial charge in [-0.25, -0.2) is 0 Å². The molecule has 1 aromatic rings. The monoisotopic (exact) mass is 393 g/mol. The summed E-state index contributed by atoms with van der Waals surface area (Å²) in [5.41, 5.74) is 0.975. The number of methoxy groups -OCH3 is 2. The zero-order chi connectivity index (χ0) is 20.0. The molecule has 0 unspecified atom stereocenters. The van der Waals surface area contributed by atoms with Crippen molar-refractivity contribution in [3.8, 4) is 11.5 Å². The first-order valence-electron chi connectivity index (χ1n) is 9.44. The Hall–Kier alpha value is -2.02. The van der Waals surface area contributed by atoms with Crippen molar-refractivity contribution >= 4 is 23.2 Å². The van der Waals surface area contributed by atoms with E-state index in [4.69, 9.17) is 21.7 Å². The fourth-order valence-electron chi connectivity index (χ4n) is 3.45. The molecule has 2 N–H and O–H groups in total. The number of rotatable bonds is 7. The largest absolute Gasteiger partial charge is 0.493 e. The van der Waals surface area contributed by atoms with Crippen molar-refractivity contribution < 1.29 is 14.3 Å². The molecule has 0 aromatic heterocycles. The number of nitrogens with one attached hydrogen (secondary N) is 2. The molecule has 1 saturated heterocycles. The van der Waals surface area contributed by atoms with Crippen LogP contribution in [0.25, 0.3) is 0 Å². The second-order valence-corrected chi connectivity index (χ2v) is 7.56. The van der Waals surface area contributed by atoms with Crippen LogP contribution in [0.1, 0.15) is 32.3 Å². The van der Waals surface area contributed by atoms with Gasteiger partial charge >= 0.3 is 0 Å². The van der Waals surface area contributed by atoms with Crippen LogP contribution in [0.4, 0.5) is 0 Å². The Morgan fingerprint density at radius 3 is 2.59 bits per heavy atom. The van der Waals surface area contributed by atoms with E-state index >= 15 is 0 Å². The van der Waals surface area contributed by atoms with E-state index in [0.717, 1.165) is 12.1 Å². The van der Waals surface area contributed by atoms with Crippen LogP contribution in [0.15, 0.2) is 18.2 Å². The molecule has 7 heteroatoms. The molecule has 0 saturated carbocycles. The van der Waals surface area contributed by atoms with Gasteiger partial charge in [-0.15, -0.1) is 0 Å². The van der Waals surface area contributed by atoms with Gasteiger partial charge in [0.15, 0.2) is 16.6 Å². The van der Waals surface area contributed by atoms with Crippen LogP contribution in [-0.2, 0) is 4.79 Å². The number of amides is 1. The van der Waals surface area contributed by atoms with Gasteiger partial charge in [-0.05, 0) is 31.1 Å². The number of benzene rings is 1. The lowest BCUT2D eigenvalue weighted by atomic mass is 9.87. The van der Waals surface area contributed by atoms with Crippen molar-refractivity contribution in [1.29, 1.82) is 0 Å². The van der Waals surface area contributed by atoms with Gasteiger partial charge in [-0.3, -0.25) is 4.79 Å². The average Bonchev–Trinajstić information content (AvgIpc) is 3.10. The third kappa shape index (κ3) is 5.03. The quantitative estimate of drug-likeness (QED) is 0.694. The van der Waals surface area contributed by atoms with Crippen molar-refractivity contribution in [2.75, 3.05) is 40.4 Å². The minimum absolute atomic E-state index is 0.0289. The van der Waals surface area contributed by atoms with Crippen LogP contribution in [0.3, 0.4) is 0 Å². The molecule has 1 heterocycles. The minimum Gasteiger partial charge on any atom is -0.493 e. The first kappa shape index (κ1) is 21.3. The Bertz CT molecular complexity index is 666. The van der Waals surface area contributed by atoms with Crippen LogP contribution in [-0.4, -0.2) is 56.3 Å². The lowest BCUT2D eigenvalue weighted by Gasteiger charge is -2.22. The molecule has 2 atom stereocenters. The summed E-state index contributed by atoms with van der Waals surface area (Å²) in [5.74, 6) is 1.58. The molecule has 0 bridgehead atoms. The van der Waals surface area contributed by atoms with Crippen LogP contribution in [0, 0.1) is 11.8 Å². The van der Waals surface area contributed by atoms with Gasteiger partial charge in [0.05, 0.1) is 20.1 Å². The molecule has 27 heavy (non-hydrogen) atoms. The predicted octanol–water partition coefficient (Wildman–Crippen LogP) is 2.39. The summed E-state index contributed by atoms with van der Waals surface area (Å²) in [6.45, 7) is 8.85. The number of hydrogen-bond acceptors (Lipinski definition) is 4. The van der Waals surface area contributed by atoms with Gasteiger partial charge < -0.3 is 25.0 Å². The Morgan fingerprint density at radius 1 is 1.26 bits per heavy atom. The van der Waals surface area contributed by atoms with E-state index in [-0.39, 0.29) is 17.7 Å². The molecule has 0 spiro atoms. The molecular formula is C20H31N3O3S. The third-order valence-electron chi connectivity index (χ3n) is 4.79. The number of thiocarbonyl (C=S) groups is 1. The molecule has 0 aliphatic carbocycles. The second kappa shape index (κ2) is 9.78. The Kier molecular flexibility index (Phi) is 7.71. The number of carbonyl (C=O) groups excluding carboxylic acids is 1. The molecule has 150 valence electrons. The number of ether oxygens (including phenoxy) is 2. The highest BCUT2D eigenvalue weighted by molar-refractivity contribution is 7.80. The van der Waals surface area contributed by atoms with E-state index in [1.54, 1.807) is 14.2 Å². The maximum Gasteiger partial charge on any atom is 0.225 e. The summed E-state index contributed by atoms with van der Waals surface area (Å²) < 4.78 is 11.1. The molecule has 0 radical (unpaired) electrons. The SMILES string of the molecule is CCNC(=S)N1C[C@H](c2cccc(OC)c2OC)[C@H](C(=O)NCC(C)C)C1. The van der Waals surface area contributed by atoms with Gasteiger partial charge in [-0.2, -0.15) is 0 Å². The summed E-state index contributed by atoms with van der Waals surface area (Å²) in [5, 5.41) is 6.95. The van der Waals surface area contributed by atoms with E-state index in [0.29, 0.717) is 42.2 Å². The van der Waals surface area contributed by atoms with E-state index in [9.17, 15) is 4.79 Å². The number of carbonyl (C=O) groups is 1. The highest BCUT2D eigenvalue weighted by Crippen LogP contribution is 2.41.